The molecule has 90 valence electrons. The Kier molecular flexibility index (Phi) is 2.95. The highest BCUT2D eigenvalue weighted by Gasteiger charge is 2.30. The van der Waals surface area contributed by atoms with Crippen LogP contribution in [-0.4, -0.2) is 5.97 Å². The average Bonchev–Trinajstić information content (AvgIpc) is 2.70. The Hall–Kier alpha value is -1.56. The first-order chi connectivity index (χ1) is 8.74. The molecule has 0 aromatic heterocycles. The zero-order chi connectivity index (χ0) is 12.5. The maximum Gasteiger partial charge on any atom is 0.340 e. The summed E-state index contributed by atoms with van der Waals surface area (Å²) in [6.07, 6.45) is -0.395. The molecule has 3 rings (SSSR count). The van der Waals surface area contributed by atoms with Crippen molar-refractivity contribution in [1.29, 1.82) is 0 Å². The average molecular weight is 351 g/mol. The third-order valence-corrected chi connectivity index (χ3v) is 3.55. The van der Waals surface area contributed by atoms with Gasteiger partial charge in [0.2, 0.25) is 6.23 Å². The number of anilines is 1. The first-order valence-corrected chi connectivity index (χ1v) is 6.64. The van der Waals surface area contributed by atoms with Crippen molar-refractivity contribution in [1.82, 2.24) is 0 Å². The second kappa shape index (κ2) is 4.61. The van der Waals surface area contributed by atoms with E-state index in [1.165, 1.54) is 3.57 Å². The second-order valence-electron chi connectivity index (χ2n) is 4.02. The van der Waals surface area contributed by atoms with E-state index in [0.717, 1.165) is 11.3 Å². The maximum atomic E-state index is 11.7. The molecule has 1 aliphatic heterocycles. The number of esters is 1. The quantitative estimate of drug-likeness (QED) is 0.664. The van der Waals surface area contributed by atoms with Crippen LogP contribution in [0.1, 0.15) is 22.1 Å². The Morgan fingerprint density at radius 2 is 1.78 bits per heavy atom. The summed E-state index contributed by atoms with van der Waals surface area (Å²) < 4.78 is 6.48. The fraction of sp³-hybridized carbons (Fsp3) is 0.0714. The normalized spacial score (nSPS) is 17.2. The molecule has 0 radical (unpaired) electrons. The Balaban J connectivity index is 1.87. The van der Waals surface area contributed by atoms with Gasteiger partial charge in [-0.15, -0.1) is 0 Å². The first-order valence-electron chi connectivity index (χ1n) is 5.56. The molecule has 4 heteroatoms. The Morgan fingerprint density at radius 1 is 1.06 bits per heavy atom. The van der Waals surface area contributed by atoms with E-state index in [4.69, 9.17) is 4.74 Å². The molecule has 1 atom stereocenters. The zero-order valence-electron chi connectivity index (χ0n) is 9.39. The Labute approximate surface area is 118 Å². The topological polar surface area (TPSA) is 38.3 Å². The van der Waals surface area contributed by atoms with Crippen LogP contribution in [0, 0.1) is 3.57 Å². The van der Waals surface area contributed by atoms with Crippen LogP contribution in [0.3, 0.4) is 0 Å². The van der Waals surface area contributed by atoms with Crippen LogP contribution < -0.4 is 5.32 Å². The lowest BCUT2D eigenvalue weighted by atomic mass is 10.1. The van der Waals surface area contributed by atoms with Gasteiger partial charge in [-0.1, -0.05) is 18.2 Å². The minimum absolute atomic E-state index is 0.270. The van der Waals surface area contributed by atoms with Gasteiger partial charge in [0.25, 0.3) is 0 Å². The molecule has 0 unspecified atom stereocenters. The van der Waals surface area contributed by atoms with E-state index < -0.39 is 6.23 Å². The van der Waals surface area contributed by atoms with Crippen molar-refractivity contribution in [3.05, 3.63) is 63.2 Å². The van der Waals surface area contributed by atoms with Crippen LogP contribution >= 0.6 is 22.6 Å². The predicted octanol–water partition coefficient (Wildman–Crippen LogP) is 3.57. The summed E-state index contributed by atoms with van der Waals surface area (Å²) >= 11 is 2.25. The molecule has 0 spiro atoms. The summed E-state index contributed by atoms with van der Waals surface area (Å²) in [5.74, 6) is -0.270. The number of carbonyl (C=O) groups is 1. The summed E-state index contributed by atoms with van der Waals surface area (Å²) in [6.45, 7) is 0. The van der Waals surface area contributed by atoms with Gasteiger partial charge < -0.3 is 10.1 Å². The molecule has 2 aromatic carbocycles. The lowest BCUT2D eigenvalue weighted by molar-refractivity contribution is 0.0437. The molecule has 0 saturated heterocycles. The van der Waals surface area contributed by atoms with Crippen molar-refractivity contribution in [3.8, 4) is 0 Å². The fourth-order valence-corrected chi connectivity index (χ4v) is 2.31. The van der Waals surface area contributed by atoms with Crippen molar-refractivity contribution in [2.45, 2.75) is 6.23 Å². The van der Waals surface area contributed by atoms with Crippen LogP contribution in [0.5, 0.6) is 0 Å². The first kappa shape index (κ1) is 11.5. The molecule has 0 saturated carbocycles. The zero-order valence-corrected chi connectivity index (χ0v) is 11.5. The number of nitrogens with one attached hydrogen (secondary N) is 1. The second-order valence-corrected chi connectivity index (χ2v) is 5.27. The summed E-state index contributed by atoms with van der Waals surface area (Å²) in [7, 11) is 0. The van der Waals surface area contributed by atoms with Gasteiger partial charge in [0.1, 0.15) is 0 Å². The molecular formula is C14H10INO2. The standard InChI is InChI=1S/C14H10INO2/c15-9-5-7-10(8-6-9)16-13-11-3-1-2-4-12(11)14(17)18-13/h1-8,13,16H/t13-/m1/s1. The molecule has 0 aliphatic carbocycles. The van der Waals surface area contributed by atoms with E-state index in [1.54, 1.807) is 6.07 Å². The maximum absolute atomic E-state index is 11.7. The van der Waals surface area contributed by atoms with E-state index in [0.29, 0.717) is 5.56 Å². The molecule has 0 bridgehead atoms. The van der Waals surface area contributed by atoms with Gasteiger partial charge in [-0.3, -0.25) is 0 Å². The van der Waals surface area contributed by atoms with Gasteiger partial charge in [0.15, 0.2) is 0 Å². The summed E-state index contributed by atoms with van der Waals surface area (Å²) in [4.78, 5) is 11.7. The van der Waals surface area contributed by atoms with Gasteiger partial charge in [0.05, 0.1) is 5.56 Å². The minimum atomic E-state index is -0.395. The molecule has 18 heavy (non-hydrogen) atoms. The number of fused-ring (bicyclic) bond motifs is 1. The van der Waals surface area contributed by atoms with Gasteiger partial charge in [-0.2, -0.15) is 0 Å². The van der Waals surface area contributed by atoms with Gasteiger partial charge in [-0.25, -0.2) is 4.79 Å². The molecule has 1 aliphatic rings. The highest BCUT2D eigenvalue weighted by atomic mass is 127. The van der Waals surface area contributed by atoms with Crippen LogP contribution in [0.15, 0.2) is 48.5 Å². The fourth-order valence-electron chi connectivity index (χ4n) is 1.95. The molecule has 0 amide bonds. The molecular weight excluding hydrogens is 341 g/mol. The number of hydrogen-bond donors (Lipinski definition) is 1. The SMILES string of the molecule is O=C1O[C@@H](Nc2ccc(I)cc2)c2ccccc21. The third kappa shape index (κ3) is 2.08. The van der Waals surface area contributed by atoms with E-state index in [2.05, 4.69) is 27.9 Å². The van der Waals surface area contributed by atoms with E-state index >= 15 is 0 Å². The van der Waals surface area contributed by atoms with Gasteiger partial charge in [0, 0.05) is 14.8 Å². The predicted molar refractivity (Wildman–Crippen MR) is 77.4 cm³/mol. The van der Waals surface area contributed by atoms with Crippen molar-refractivity contribution < 1.29 is 9.53 Å². The highest BCUT2D eigenvalue weighted by Crippen LogP contribution is 2.31. The van der Waals surface area contributed by atoms with Crippen molar-refractivity contribution in [2.24, 2.45) is 0 Å². The smallest absolute Gasteiger partial charge is 0.340 e. The largest absolute Gasteiger partial charge is 0.434 e. The summed E-state index contributed by atoms with van der Waals surface area (Å²) in [5, 5.41) is 3.21. The van der Waals surface area contributed by atoms with E-state index in [1.807, 2.05) is 42.5 Å². The lowest BCUT2D eigenvalue weighted by Gasteiger charge is -2.14. The van der Waals surface area contributed by atoms with Crippen LogP contribution in [0.4, 0.5) is 5.69 Å². The molecule has 0 fully saturated rings. The lowest BCUT2D eigenvalue weighted by Crippen LogP contribution is -2.10. The van der Waals surface area contributed by atoms with Gasteiger partial charge in [-0.05, 0) is 52.9 Å². The van der Waals surface area contributed by atoms with Gasteiger partial charge >= 0.3 is 5.97 Å². The number of cyclic esters (lactones) is 1. The monoisotopic (exact) mass is 351 g/mol. The Morgan fingerprint density at radius 3 is 2.56 bits per heavy atom. The molecule has 2 aromatic rings. The minimum Gasteiger partial charge on any atom is -0.434 e. The molecule has 1 N–H and O–H groups in total. The van der Waals surface area contributed by atoms with Crippen LogP contribution in [-0.2, 0) is 4.74 Å². The van der Waals surface area contributed by atoms with Crippen molar-refractivity contribution in [3.63, 3.8) is 0 Å². The number of ether oxygens (including phenoxy) is 1. The van der Waals surface area contributed by atoms with Crippen molar-refractivity contribution >= 4 is 34.2 Å². The molecule has 1 heterocycles. The van der Waals surface area contributed by atoms with Crippen LogP contribution in [0.2, 0.25) is 0 Å². The highest BCUT2D eigenvalue weighted by molar-refractivity contribution is 14.1. The third-order valence-electron chi connectivity index (χ3n) is 2.83. The summed E-state index contributed by atoms with van der Waals surface area (Å²) in [5.41, 5.74) is 2.46. The number of halogens is 1. The van der Waals surface area contributed by atoms with E-state index in [9.17, 15) is 4.79 Å². The number of rotatable bonds is 2. The summed E-state index contributed by atoms with van der Waals surface area (Å²) in [6, 6.07) is 15.4. The molecule has 3 nitrogen and oxygen atoms in total. The van der Waals surface area contributed by atoms with E-state index in [-0.39, 0.29) is 5.97 Å². The number of hydrogen-bond acceptors (Lipinski definition) is 3. The Bertz CT molecular complexity index is 595. The number of benzene rings is 2. The number of carbonyl (C=O) groups excluding carboxylic acids is 1. The van der Waals surface area contributed by atoms with Crippen LogP contribution in [0.25, 0.3) is 0 Å². The van der Waals surface area contributed by atoms with Crippen molar-refractivity contribution in [2.75, 3.05) is 5.32 Å².